The minimum Gasteiger partial charge on any atom is -0.495 e. The van der Waals surface area contributed by atoms with Crippen LogP contribution in [0.5, 0.6) is 0 Å². The molecule has 8 heteroatoms. The van der Waals surface area contributed by atoms with Crippen molar-refractivity contribution in [1.82, 2.24) is 9.88 Å². The Morgan fingerprint density at radius 3 is 2.31 bits per heavy atom. The molecule has 0 aliphatic heterocycles. The standard InChI is InChI=1S/C27H22ClN3O4/c1-16(35-2)24-22(15-30-27(34)18-10-8-17(9-11-18)26(29)33)25(32)21-13-12-19(28)14-23(21)31(24)20-6-4-3-5-7-20/h3-14H,1,15H2,2H3,(H2,29,33)(H,30,34). The van der Waals surface area contributed by atoms with Crippen LogP contribution in [0.3, 0.4) is 0 Å². The Labute approximate surface area is 206 Å². The van der Waals surface area contributed by atoms with Crippen LogP contribution in [0.4, 0.5) is 0 Å². The molecule has 1 aromatic heterocycles. The van der Waals surface area contributed by atoms with Crippen molar-refractivity contribution >= 4 is 40.1 Å². The van der Waals surface area contributed by atoms with Crippen LogP contribution < -0.4 is 16.5 Å². The van der Waals surface area contributed by atoms with Crippen LogP contribution in [0.1, 0.15) is 32.0 Å². The minimum atomic E-state index is -0.586. The van der Waals surface area contributed by atoms with Gasteiger partial charge in [-0.3, -0.25) is 14.4 Å². The number of halogens is 1. The van der Waals surface area contributed by atoms with Crippen LogP contribution in [-0.2, 0) is 11.3 Å². The summed E-state index contributed by atoms with van der Waals surface area (Å²) in [5.41, 5.74) is 7.66. The Balaban J connectivity index is 1.85. The smallest absolute Gasteiger partial charge is 0.251 e. The molecule has 35 heavy (non-hydrogen) atoms. The van der Waals surface area contributed by atoms with E-state index in [-0.39, 0.29) is 17.7 Å². The highest BCUT2D eigenvalue weighted by Crippen LogP contribution is 2.28. The molecule has 0 radical (unpaired) electrons. The van der Waals surface area contributed by atoms with Crippen LogP contribution in [0.15, 0.2) is 84.2 Å². The summed E-state index contributed by atoms with van der Waals surface area (Å²) in [6, 6.07) is 20.4. The molecule has 176 valence electrons. The van der Waals surface area contributed by atoms with Crippen molar-refractivity contribution in [2.24, 2.45) is 5.73 Å². The number of pyridine rings is 1. The molecular weight excluding hydrogens is 466 g/mol. The zero-order chi connectivity index (χ0) is 25.1. The highest BCUT2D eigenvalue weighted by Gasteiger charge is 2.22. The van der Waals surface area contributed by atoms with Gasteiger partial charge in [0.05, 0.1) is 18.3 Å². The van der Waals surface area contributed by atoms with E-state index < -0.39 is 11.8 Å². The summed E-state index contributed by atoms with van der Waals surface area (Å²) in [6.45, 7) is 3.92. The normalized spacial score (nSPS) is 10.7. The van der Waals surface area contributed by atoms with Crippen LogP contribution in [-0.4, -0.2) is 23.5 Å². The zero-order valence-corrected chi connectivity index (χ0v) is 19.6. The number of aromatic nitrogens is 1. The number of amides is 2. The van der Waals surface area contributed by atoms with Gasteiger partial charge in [0.1, 0.15) is 5.76 Å². The Morgan fingerprint density at radius 1 is 1.03 bits per heavy atom. The monoisotopic (exact) mass is 487 g/mol. The Morgan fingerprint density at radius 2 is 1.69 bits per heavy atom. The van der Waals surface area contributed by atoms with Crippen molar-refractivity contribution < 1.29 is 14.3 Å². The second kappa shape index (κ2) is 9.87. The van der Waals surface area contributed by atoms with Gasteiger partial charge in [-0.25, -0.2) is 0 Å². The number of nitrogens with two attached hydrogens (primary N) is 1. The number of methoxy groups -OCH3 is 1. The van der Waals surface area contributed by atoms with Gasteiger partial charge in [0.25, 0.3) is 5.91 Å². The topological polar surface area (TPSA) is 103 Å². The maximum absolute atomic E-state index is 13.6. The van der Waals surface area contributed by atoms with Crippen LogP contribution in [0, 0.1) is 0 Å². The third kappa shape index (κ3) is 4.67. The van der Waals surface area contributed by atoms with E-state index in [9.17, 15) is 14.4 Å². The lowest BCUT2D eigenvalue weighted by molar-refractivity contribution is 0.0948. The summed E-state index contributed by atoms with van der Waals surface area (Å²) >= 11 is 6.28. The highest BCUT2D eigenvalue weighted by molar-refractivity contribution is 6.31. The molecule has 7 nitrogen and oxygen atoms in total. The fourth-order valence-corrected chi connectivity index (χ4v) is 4.03. The predicted octanol–water partition coefficient (Wildman–Crippen LogP) is 4.29. The summed E-state index contributed by atoms with van der Waals surface area (Å²) in [5.74, 6) is -0.753. The number of rotatable bonds is 7. The number of ether oxygens (including phenoxy) is 1. The van der Waals surface area contributed by atoms with Gasteiger partial charge in [0, 0.05) is 39.3 Å². The Kier molecular flexibility index (Phi) is 6.71. The van der Waals surface area contributed by atoms with Crippen molar-refractivity contribution in [3.8, 4) is 5.69 Å². The van der Waals surface area contributed by atoms with Crippen LogP contribution >= 0.6 is 11.6 Å². The zero-order valence-electron chi connectivity index (χ0n) is 18.9. The maximum Gasteiger partial charge on any atom is 0.251 e. The van der Waals surface area contributed by atoms with E-state index in [2.05, 4.69) is 11.9 Å². The van der Waals surface area contributed by atoms with Gasteiger partial charge in [-0.1, -0.05) is 36.4 Å². The molecule has 0 atom stereocenters. The van der Waals surface area contributed by atoms with E-state index in [1.807, 2.05) is 34.9 Å². The number of fused-ring (bicyclic) bond motifs is 1. The van der Waals surface area contributed by atoms with Gasteiger partial charge in [0.15, 0.2) is 5.43 Å². The van der Waals surface area contributed by atoms with Crippen molar-refractivity contribution in [3.05, 3.63) is 117 Å². The number of hydrogen-bond donors (Lipinski definition) is 2. The molecule has 0 spiro atoms. The fourth-order valence-electron chi connectivity index (χ4n) is 3.86. The van der Waals surface area contributed by atoms with Crippen LogP contribution in [0.2, 0.25) is 5.02 Å². The SMILES string of the molecule is C=C(OC)c1c(CNC(=O)c2ccc(C(N)=O)cc2)c(=O)c2ccc(Cl)cc2n1-c1ccccc1. The molecule has 0 unspecified atom stereocenters. The van der Waals surface area contributed by atoms with Crippen molar-refractivity contribution in [2.45, 2.75) is 6.54 Å². The lowest BCUT2D eigenvalue weighted by Crippen LogP contribution is -2.29. The molecule has 0 bridgehead atoms. The highest BCUT2D eigenvalue weighted by atomic mass is 35.5. The number of hydrogen-bond acceptors (Lipinski definition) is 4. The average molecular weight is 488 g/mol. The Hall–Kier alpha value is -4.36. The third-order valence-corrected chi connectivity index (χ3v) is 5.85. The van der Waals surface area contributed by atoms with Crippen molar-refractivity contribution in [1.29, 1.82) is 0 Å². The molecule has 0 fully saturated rings. The minimum absolute atomic E-state index is 0.0850. The largest absolute Gasteiger partial charge is 0.495 e. The van der Waals surface area contributed by atoms with Crippen LogP contribution in [0.25, 0.3) is 22.3 Å². The second-order valence-corrected chi connectivity index (χ2v) is 8.18. The number of para-hydroxylation sites is 1. The molecule has 3 N–H and O–H groups in total. The number of primary amides is 1. The van der Waals surface area contributed by atoms with Gasteiger partial charge in [-0.15, -0.1) is 0 Å². The molecule has 0 aliphatic rings. The van der Waals surface area contributed by atoms with Gasteiger partial charge >= 0.3 is 0 Å². The number of benzene rings is 3. The summed E-state index contributed by atoms with van der Waals surface area (Å²) in [5, 5.41) is 3.69. The van der Waals surface area contributed by atoms with Crippen molar-refractivity contribution in [2.75, 3.05) is 7.11 Å². The third-order valence-electron chi connectivity index (χ3n) is 5.61. The summed E-state index contributed by atoms with van der Waals surface area (Å²) < 4.78 is 7.30. The van der Waals surface area contributed by atoms with E-state index in [0.29, 0.717) is 38.3 Å². The molecular formula is C27H22ClN3O4. The van der Waals surface area contributed by atoms with Gasteiger partial charge < -0.3 is 20.4 Å². The maximum atomic E-state index is 13.6. The summed E-state index contributed by atoms with van der Waals surface area (Å²) in [7, 11) is 1.47. The Bertz CT molecular complexity index is 1510. The van der Waals surface area contributed by atoms with E-state index in [4.69, 9.17) is 22.1 Å². The lowest BCUT2D eigenvalue weighted by atomic mass is 10.0. The van der Waals surface area contributed by atoms with E-state index in [0.717, 1.165) is 5.69 Å². The molecule has 0 saturated heterocycles. The summed E-state index contributed by atoms with van der Waals surface area (Å²) in [6.07, 6.45) is 0. The number of carbonyl (C=O) groups is 2. The first-order chi connectivity index (χ1) is 16.8. The van der Waals surface area contributed by atoms with E-state index in [1.165, 1.54) is 31.4 Å². The lowest BCUT2D eigenvalue weighted by Gasteiger charge is -2.22. The first kappa shape index (κ1) is 23.8. The molecule has 3 aromatic carbocycles. The molecule has 1 heterocycles. The fraction of sp³-hybridized carbons (Fsp3) is 0.0741. The van der Waals surface area contributed by atoms with Gasteiger partial charge in [-0.2, -0.15) is 0 Å². The van der Waals surface area contributed by atoms with E-state index in [1.54, 1.807) is 18.2 Å². The van der Waals surface area contributed by atoms with Crippen molar-refractivity contribution in [3.63, 3.8) is 0 Å². The first-order valence-electron chi connectivity index (χ1n) is 10.7. The second-order valence-electron chi connectivity index (χ2n) is 7.74. The first-order valence-corrected chi connectivity index (χ1v) is 11.0. The molecule has 4 rings (SSSR count). The number of nitrogens with one attached hydrogen (secondary N) is 1. The predicted molar refractivity (Wildman–Crippen MR) is 137 cm³/mol. The molecule has 0 aliphatic carbocycles. The number of carbonyl (C=O) groups excluding carboxylic acids is 2. The molecule has 0 saturated carbocycles. The van der Waals surface area contributed by atoms with Gasteiger partial charge in [0.2, 0.25) is 5.91 Å². The summed E-state index contributed by atoms with van der Waals surface area (Å²) in [4.78, 5) is 37.7. The quantitative estimate of drug-likeness (QED) is 0.379. The molecule has 2 amide bonds. The van der Waals surface area contributed by atoms with Gasteiger partial charge in [-0.05, 0) is 54.6 Å². The van der Waals surface area contributed by atoms with E-state index >= 15 is 0 Å². The average Bonchev–Trinajstić information content (AvgIpc) is 2.87. The molecule has 4 aromatic rings. The number of nitrogens with zero attached hydrogens (tertiary/aromatic N) is 1.